The van der Waals surface area contributed by atoms with Gasteiger partial charge in [-0.15, -0.1) is 0 Å². The second-order valence-corrected chi connectivity index (χ2v) is 4.10. The number of aliphatic hydroxyl groups excluding tert-OH is 1. The normalized spacial score (nSPS) is 9.70. The topological polar surface area (TPSA) is 80.0 Å². The van der Waals surface area contributed by atoms with Crippen LogP contribution in [-0.2, 0) is 13.6 Å². The molecule has 0 saturated heterocycles. The fourth-order valence-corrected chi connectivity index (χ4v) is 1.58. The minimum atomic E-state index is -0.254. The lowest BCUT2D eigenvalue weighted by molar-refractivity contribution is 0.0946. The van der Waals surface area contributed by atoms with Gasteiger partial charge in [0.2, 0.25) is 0 Å². The fourth-order valence-electron chi connectivity index (χ4n) is 1.58. The summed E-state index contributed by atoms with van der Waals surface area (Å²) in [5.74, 6) is 4.98. The molecular weight excluding hydrogens is 256 g/mol. The summed E-state index contributed by atoms with van der Waals surface area (Å²) < 4.78 is 1.67. The summed E-state index contributed by atoms with van der Waals surface area (Å²) in [5, 5.41) is 15.4. The van der Waals surface area contributed by atoms with E-state index in [-0.39, 0.29) is 12.5 Å². The zero-order chi connectivity index (χ0) is 14.4. The Morgan fingerprint density at radius 2 is 2.30 bits per heavy atom. The van der Waals surface area contributed by atoms with Gasteiger partial charge in [0.25, 0.3) is 5.91 Å². The molecule has 6 heteroatoms. The number of carbonyl (C=O) groups is 1. The van der Waals surface area contributed by atoms with E-state index in [4.69, 9.17) is 5.11 Å². The SMILES string of the molecule is Cn1cc(CNC(=O)c2ccc(C#CCO)cn2)cn1. The molecule has 2 aromatic rings. The third-order valence-corrected chi connectivity index (χ3v) is 2.52. The van der Waals surface area contributed by atoms with Crippen molar-refractivity contribution in [2.24, 2.45) is 7.05 Å². The average molecular weight is 270 g/mol. The molecule has 0 saturated carbocycles. The van der Waals surface area contributed by atoms with Crippen molar-refractivity contribution in [3.8, 4) is 11.8 Å². The minimum absolute atomic E-state index is 0.201. The van der Waals surface area contributed by atoms with Gasteiger partial charge in [-0.25, -0.2) is 4.98 Å². The van der Waals surface area contributed by atoms with E-state index in [1.165, 1.54) is 6.20 Å². The van der Waals surface area contributed by atoms with Crippen LogP contribution < -0.4 is 5.32 Å². The van der Waals surface area contributed by atoms with Crippen LogP contribution >= 0.6 is 0 Å². The summed E-state index contributed by atoms with van der Waals surface area (Å²) in [4.78, 5) is 15.9. The highest BCUT2D eigenvalue weighted by Gasteiger charge is 2.07. The second kappa shape index (κ2) is 6.50. The van der Waals surface area contributed by atoms with E-state index in [0.717, 1.165) is 5.56 Å². The van der Waals surface area contributed by atoms with Gasteiger partial charge in [0.05, 0.1) is 6.20 Å². The number of nitrogens with one attached hydrogen (secondary N) is 1. The summed E-state index contributed by atoms with van der Waals surface area (Å²) in [5.41, 5.74) is 1.90. The van der Waals surface area contributed by atoms with Crippen molar-refractivity contribution in [2.75, 3.05) is 6.61 Å². The Morgan fingerprint density at radius 1 is 1.45 bits per heavy atom. The zero-order valence-electron chi connectivity index (χ0n) is 11.0. The molecule has 102 valence electrons. The molecule has 0 aliphatic carbocycles. The Morgan fingerprint density at radius 3 is 2.90 bits per heavy atom. The molecule has 0 aliphatic rings. The lowest BCUT2D eigenvalue weighted by Gasteiger charge is -2.02. The summed E-state index contributed by atoms with van der Waals surface area (Å²) >= 11 is 0. The van der Waals surface area contributed by atoms with Crippen LogP contribution in [0.2, 0.25) is 0 Å². The van der Waals surface area contributed by atoms with Gasteiger partial charge in [-0.2, -0.15) is 5.10 Å². The first-order valence-corrected chi connectivity index (χ1v) is 6.00. The monoisotopic (exact) mass is 270 g/mol. The minimum Gasteiger partial charge on any atom is -0.384 e. The molecule has 6 nitrogen and oxygen atoms in total. The van der Waals surface area contributed by atoms with Gasteiger partial charge in [-0.1, -0.05) is 11.8 Å². The van der Waals surface area contributed by atoms with E-state index < -0.39 is 0 Å². The molecule has 0 atom stereocenters. The predicted molar refractivity (Wildman–Crippen MR) is 72.6 cm³/mol. The lowest BCUT2D eigenvalue weighted by atomic mass is 10.2. The maximum Gasteiger partial charge on any atom is 0.270 e. The van der Waals surface area contributed by atoms with Crippen LogP contribution in [0.15, 0.2) is 30.7 Å². The Hall–Kier alpha value is -2.65. The third kappa shape index (κ3) is 3.67. The summed E-state index contributed by atoms with van der Waals surface area (Å²) in [6.45, 7) is 0.202. The van der Waals surface area contributed by atoms with E-state index in [1.807, 2.05) is 13.2 Å². The largest absolute Gasteiger partial charge is 0.384 e. The van der Waals surface area contributed by atoms with Gasteiger partial charge in [0.1, 0.15) is 12.3 Å². The quantitative estimate of drug-likeness (QED) is 0.775. The molecule has 2 heterocycles. The Kier molecular flexibility index (Phi) is 4.47. The van der Waals surface area contributed by atoms with Crippen LogP contribution in [-0.4, -0.2) is 32.4 Å². The molecule has 2 aromatic heterocycles. The summed E-state index contributed by atoms with van der Waals surface area (Å²) in [6.07, 6.45) is 5.03. The molecule has 2 N–H and O–H groups in total. The van der Waals surface area contributed by atoms with Crippen LogP contribution in [0, 0.1) is 11.8 Å². The number of rotatable bonds is 3. The molecule has 0 spiro atoms. The molecular formula is C14H14N4O2. The predicted octanol–water partition coefficient (Wildman–Crippen LogP) is 0.0889. The van der Waals surface area contributed by atoms with Gasteiger partial charge in [0.15, 0.2) is 0 Å². The molecule has 0 unspecified atom stereocenters. The summed E-state index contributed by atoms with van der Waals surface area (Å²) in [6, 6.07) is 3.29. The fraction of sp³-hybridized carbons (Fsp3) is 0.214. The Bertz CT molecular complexity index is 650. The van der Waals surface area contributed by atoms with E-state index in [9.17, 15) is 4.79 Å². The average Bonchev–Trinajstić information content (AvgIpc) is 2.89. The molecule has 1 amide bonds. The Labute approximate surface area is 116 Å². The van der Waals surface area contributed by atoms with Crippen molar-refractivity contribution in [2.45, 2.75) is 6.54 Å². The van der Waals surface area contributed by atoms with Gasteiger partial charge >= 0.3 is 0 Å². The number of nitrogens with zero attached hydrogens (tertiary/aromatic N) is 3. The van der Waals surface area contributed by atoms with Crippen molar-refractivity contribution in [3.63, 3.8) is 0 Å². The van der Waals surface area contributed by atoms with Crippen LogP contribution in [0.4, 0.5) is 0 Å². The van der Waals surface area contributed by atoms with Crippen LogP contribution in [0.1, 0.15) is 21.6 Å². The van der Waals surface area contributed by atoms with E-state index in [2.05, 4.69) is 27.2 Å². The standard InChI is InChI=1S/C14H14N4O2/c1-18-10-12(9-17-18)8-16-14(20)13-5-4-11(7-15-13)3-2-6-19/h4-5,7,9-10,19H,6,8H2,1H3,(H,16,20). The maximum absolute atomic E-state index is 11.9. The van der Waals surface area contributed by atoms with E-state index >= 15 is 0 Å². The molecule has 0 aliphatic heterocycles. The first-order chi connectivity index (χ1) is 9.69. The van der Waals surface area contributed by atoms with Gasteiger partial charge < -0.3 is 10.4 Å². The second-order valence-electron chi connectivity index (χ2n) is 4.10. The van der Waals surface area contributed by atoms with Crippen molar-refractivity contribution in [1.82, 2.24) is 20.1 Å². The summed E-state index contributed by atoms with van der Waals surface area (Å²) in [7, 11) is 1.82. The number of aryl methyl sites for hydroxylation is 1. The van der Waals surface area contributed by atoms with Crippen molar-refractivity contribution in [3.05, 3.63) is 47.5 Å². The van der Waals surface area contributed by atoms with E-state index in [0.29, 0.717) is 17.8 Å². The first-order valence-electron chi connectivity index (χ1n) is 6.00. The number of hydrogen-bond acceptors (Lipinski definition) is 4. The number of amides is 1. The number of carbonyl (C=O) groups excluding carboxylic acids is 1. The highest BCUT2D eigenvalue weighted by Crippen LogP contribution is 2.00. The highest BCUT2D eigenvalue weighted by molar-refractivity contribution is 5.92. The third-order valence-electron chi connectivity index (χ3n) is 2.52. The van der Waals surface area contributed by atoms with Crippen molar-refractivity contribution < 1.29 is 9.90 Å². The highest BCUT2D eigenvalue weighted by atomic mass is 16.2. The number of hydrogen-bond donors (Lipinski definition) is 2. The van der Waals surface area contributed by atoms with Gasteiger partial charge in [-0.05, 0) is 12.1 Å². The van der Waals surface area contributed by atoms with Gasteiger partial charge in [0, 0.05) is 37.1 Å². The van der Waals surface area contributed by atoms with Crippen molar-refractivity contribution in [1.29, 1.82) is 0 Å². The lowest BCUT2D eigenvalue weighted by Crippen LogP contribution is -2.23. The molecule has 0 fully saturated rings. The van der Waals surface area contributed by atoms with Gasteiger partial charge in [-0.3, -0.25) is 9.48 Å². The molecule has 0 radical (unpaired) electrons. The number of aromatic nitrogens is 3. The molecule has 20 heavy (non-hydrogen) atoms. The van der Waals surface area contributed by atoms with Crippen molar-refractivity contribution >= 4 is 5.91 Å². The Balaban J connectivity index is 1.95. The molecule has 0 aromatic carbocycles. The van der Waals surface area contributed by atoms with Crippen LogP contribution in [0.3, 0.4) is 0 Å². The smallest absolute Gasteiger partial charge is 0.270 e. The molecule has 0 bridgehead atoms. The van der Waals surface area contributed by atoms with Crippen LogP contribution in [0.25, 0.3) is 0 Å². The van der Waals surface area contributed by atoms with Crippen LogP contribution in [0.5, 0.6) is 0 Å². The van der Waals surface area contributed by atoms with E-state index in [1.54, 1.807) is 23.0 Å². The first kappa shape index (κ1) is 13.8. The zero-order valence-corrected chi connectivity index (χ0v) is 11.0. The number of aliphatic hydroxyl groups is 1. The number of pyridine rings is 1. The maximum atomic E-state index is 11.9. The molecule has 2 rings (SSSR count).